The molecule has 5 atom stereocenters. The van der Waals surface area contributed by atoms with Crippen molar-refractivity contribution in [2.24, 2.45) is 5.92 Å². The van der Waals surface area contributed by atoms with Crippen LogP contribution in [-0.4, -0.2) is 61.3 Å². The van der Waals surface area contributed by atoms with Gasteiger partial charge in [0.05, 0.1) is 22.8 Å². The highest BCUT2D eigenvalue weighted by Crippen LogP contribution is 2.65. The zero-order chi connectivity index (χ0) is 32.3. The number of carbonyl (C=O) groups is 1. The standard InChI is InChI=1S/C37H44N2O6S/c1-24(2)21-27-11-7-8-12-29(27)23-46(42,43)38-30-15-17-37(41)32-22-28-13-14-31(44-25(3)40)34-33(28)36(37,35(30)45-34)18-20-39(32)19-16-26-9-5-4-6-10-26/h4-14,24,30,32,35,38,41H,15-23H2,1-3H3/t30-,32+,35-,36-,37+/m0/s1. The predicted molar refractivity (Wildman–Crippen MR) is 176 cm³/mol. The Kier molecular flexibility index (Phi) is 8.03. The molecule has 2 bridgehead atoms. The second-order valence-corrected chi connectivity index (χ2v) is 15.8. The molecule has 0 amide bonds. The maximum Gasteiger partial charge on any atom is 0.308 e. The molecule has 7 rings (SSSR count). The van der Waals surface area contributed by atoms with Gasteiger partial charge in [-0.1, -0.05) is 74.5 Å². The summed E-state index contributed by atoms with van der Waals surface area (Å²) in [7, 11) is -3.76. The van der Waals surface area contributed by atoms with Crippen LogP contribution < -0.4 is 14.2 Å². The van der Waals surface area contributed by atoms with Gasteiger partial charge in [0.2, 0.25) is 10.0 Å². The van der Waals surface area contributed by atoms with E-state index >= 15 is 0 Å². The molecule has 3 aromatic rings. The lowest BCUT2D eigenvalue weighted by Gasteiger charge is -2.64. The van der Waals surface area contributed by atoms with Crippen LogP contribution >= 0.6 is 0 Å². The molecule has 1 saturated heterocycles. The fourth-order valence-corrected chi connectivity index (χ4v) is 10.5. The number of carbonyl (C=O) groups excluding carboxylic acids is 1. The third kappa shape index (κ3) is 5.25. The minimum Gasteiger partial charge on any atom is -0.483 e. The van der Waals surface area contributed by atoms with Gasteiger partial charge in [-0.3, -0.25) is 9.69 Å². The van der Waals surface area contributed by atoms with E-state index in [4.69, 9.17) is 9.47 Å². The molecular formula is C37H44N2O6S. The molecule has 4 aliphatic rings. The van der Waals surface area contributed by atoms with Gasteiger partial charge >= 0.3 is 5.97 Å². The van der Waals surface area contributed by atoms with E-state index in [1.165, 1.54) is 12.5 Å². The van der Waals surface area contributed by atoms with E-state index in [1.807, 2.05) is 36.4 Å². The molecule has 3 aromatic carbocycles. The maximum atomic E-state index is 13.9. The molecule has 8 nitrogen and oxygen atoms in total. The van der Waals surface area contributed by atoms with Crippen LogP contribution in [0.2, 0.25) is 0 Å². The SMILES string of the molecule is CC(=O)Oc1ccc2c3c1O[C@H]1[C@@H](NS(=O)(=O)Cc4ccccc4CC(C)C)CC[C@@]4(O)[C@@H](C2)N(CCc2ccccc2)CC[C@]314. The van der Waals surface area contributed by atoms with Crippen LogP contribution in [0.5, 0.6) is 11.5 Å². The fraction of sp³-hybridized carbons (Fsp3) is 0.486. The Hall–Kier alpha value is -3.24. The van der Waals surface area contributed by atoms with Crippen LogP contribution in [0.3, 0.4) is 0 Å². The molecule has 1 spiro atoms. The molecule has 2 aliphatic carbocycles. The summed E-state index contributed by atoms with van der Waals surface area (Å²) in [6, 6.07) is 21.2. The van der Waals surface area contributed by atoms with E-state index in [1.54, 1.807) is 6.07 Å². The summed E-state index contributed by atoms with van der Waals surface area (Å²) in [5.74, 6) is 0.621. The van der Waals surface area contributed by atoms with Crippen LogP contribution in [0.15, 0.2) is 66.7 Å². The highest BCUT2D eigenvalue weighted by atomic mass is 32.2. The second kappa shape index (κ2) is 11.8. The quantitative estimate of drug-likeness (QED) is 0.244. The maximum absolute atomic E-state index is 13.9. The molecular weight excluding hydrogens is 600 g/mol. The van der Waals surface area contributed by atoms with E-state index in [0.717, 1.165) is 48.2 Å². The fourth-order valence-electron chi connectivity index (χ4n) is 8.98. The van der Waals surface area contributed by atoms with Gasteiger partial charge in [0.1, 0.15) is 6.10 Å². The first-order chi connectivity index (χ1) is 22.0. The molecule has 2 fully saturated rings. The molecule has 244 valence electrons. The zero-order valence-electron chi connectivity index (χ0n) is 26.9. The Morgan fingerprint density at radius 1 is 1.07 bits per heavy atom. The molecule has 9 heteroatoms. The molecule has 1 saturated carbocycles. The van der Waals surface area contributed by atoms with Gasteiger partial charge in [0, 0.05) is 25.1 Å². The van der Waals surface area contributed by atoms with Crippen LogP contribution in [0.1, 0.15) is 67.9 Å². The molecule has 2 aliphatic heterocycles. The molecule has 0 radical (unpaired) electrons. The van der Waals surface area contributed by atoms with Crippen molar-refractivity contribution in [3.8, 4) is 11.5 Å². The molecule has 46 heavy (non-hydrogen) atoms. The summed E-state index contributed by atoms with van der Waals surface area (Å²) in [6.07, 6.45) is 3.17. The number of hydrogen-bond donors (Lipinski definition) is 2. The number of nitrogens with zero attached hydrogens (tertiary/aromatic N) is 1. The van der Waals surface area contributed by atoms with Gasteiger partial charge in [-0.2, -0.15) is 0 Å². The number of nitrogens with one attached hydrogen (secondary N) is 1. The van der Waals surface area contributed by atoms with E-state index in [-0.39, 0.29) is 11.8 Å². The first-order valence-electron chi connectivity index (χ1n) is 16.6. The van der Waals surface area contributed by atoms with Crippen molar-refractivity contribution in [1.29, 1.82) is 0 Å². The normalized spacial score (nSPS) is 28.1. The minimum absolute atomic E-state index is 0.122. The molecule has 2 heterocycles. The lowest BCUT2D eigenvalue weighted by atomic mass is 9.48. The van der Waals surface area contributed by atoms with Gasteiger partial charge < -0.3 is 14.6 Å². The van der Waals surface area contributed by atoms with Gasteiger partial charge in [0.25, 0.3) is 0 Å². The predicted octanol–water partition coefficient (Wildman–Crippen LogP) is 4.70. The number of ether oxygens (including phenoxy) is 2. The number of benzene rings is 3. The number of rotatable bonds is 10. The van der Waals surface area contributed by atoms with Crippen molar-refractivity contribution in [3.05, 3.63) is 94.5 Å². The van der Waals surface area contributed by atoms with Crippen molar-refractivity contribution in [1.82, 2.24) is 9.62 Å². The van der Waals surface area contributed by atoms with Crippen LogP contribution in [0.4, 0.5) is 0 Å². The monoisotopic (exact) mass is 644 g/mol. The highest BCUT2D eigenvalue weighted by Gasteiger charge is 2.73. The summed E-state index contributed by atoms with van der Waals surface area (Å²) in [5, 5.41) is 12.9. The van der Waals surface area contributed by atoms with E-state index in [9.17, 15) is 18.3 Å². The second-order valence-electron chi connectivity index (χ2n) is 14.1. The van der Waals surface area contributed by atoms with Gasteiger partial charge in [-0.25, -0.2) is 13.1 Å². The first-order valence-corrected chi connectivity index (χ1v) is 18.2. The average Bonchev–Trinajstić information content (AvgIpc) is 3.36. The summed E-state index contributed by atoms with van der Waals surface area (Å²) < 4.78 is 43.1. The van der Waals surface area contributed by atoms with E-state index in [2.05, 4.69) is 47.7 Å². The number of aliphatic hydroxyl groups is 1. The number of sulfonamides is 1. The Morgan fingerprint density at radius 2 is 1.80 bits per heavy atom. The topological polar surface area (TPSA) is 105 Å². The van der Waals surface area contributed by atoms with Gasteiger partial charge in [-0.05, 0) is 79.3 Å². The highest BCUT2D eigenvalue weighted by molar-refractivity contribution is 7.88. The van der Waals surface area contributed by atoms with Crippen molar-refractivity contribution < 1.29 is 27.8 Å². The third-order valence-corrected chi connectivity index (χ3v) is 12.1. The zero-order valence-corrected chi connectivity index (χ0v) is 27.7. The summed E-state index contributed by atoms with van der Waals surface area (Å²) in [4.78, 5) is 14.5. The minimum atomic E-state index is -3.76. The van der Waals surface area contributed by atoms with Crippen molar-refractivity contribution in [2.75, 3.05) is 13.1 Å². The first kappa shape index (κ1) is 31.4. The summed E-state index contributed by atoms with van der Waals surface area (Å²) >= 11 is 0. The lowest BCUT2D eigenvalue weighted by molar-refractivity contribution is -0.189. The average molecular weight is 645 g/mol. The Balaban J connectivity index is 1.23. The smallest absolute Gasteiger partial charge is 0.308 e. The Labute approximate surface area is 272 Å². The molecule has 0 unspecified atom stereocenters. The number of piperidine rings is 1. The number of hydrogen-bond acceptors (Lipinski definition) is 7. The van der Waals surface area contributed by atoms with Crippen molar-refractivity contribution in [3.63, 3.8) is 0 Å². The summed E-state index contributed by atoms with van der Waals surface area (Å²) in [5.41, 5.74) is 3.09. The number of likely N-dealkylation sites (tertiary alicyclic amines) is 1. The van der Waals surface area contributed by atoms with Gasteiger partial charge in [0.15, 0.2) is 11.5 Å². The molecule has 2 N–H and O–H groups in total. The van der Waals surface area contributed by atoms with Crippen molar-refractivity contribution in [2.45, 2.75) is 94.3 Å². The van der Waals surface area contributed by atoms with Gasteiger partial charge in [-0.15, -0.1) is 0 Å². The number of esters is 1. The van der Waals surface area contributed by atoms with Crippen LogP contribution in [-0.2, 0) is 45.2 Å². The summed E-state index contributed by atoms with van der Waals surface area (Å²) in [6.45, 7) is 7.18. The lowest BCUT2D eigenvalue weighted by Crippen LogP contribution is -2.78. The molecule has 0 aromatic heterocycles. The Bertz CT molecular complexity index is 1740. The van der Waals surface area contributed by atoms with Crippen LogP contribution in [0, 0.1) is 5.92 Å². The largest absolute Gasteiger partial charge is 0.483 e. The Morgan fingerprint density at radius 3 is 2.54 bits per heavy atom. The van der Waals surface area contributed by atoms with E-state index < -0.39 is 39.2 Å². The van der Waals surface area contributed by atoms with Crippen molar-refractivity contribution >= 4 is 16.0 Å². The van der Waals surface area contributed by atoms with Crippen LogP contribution in [0.25, 0.3) is 0 Å². The van der Waals surface area contributed by atoms with E-state index in [0.29, 0.717) is 43.1 Å². The third-order valence-electron chi connectivity index (χ3n) is 10.8.